The number of benzene rings is 3. The van der Waals surface area contributed by atoms with Crippen LogP contribution in [-0.4, -0.2) is 24.6 Å². The van der Waals surface area contributed by atoms with Gasteiger partial charge in [0.2, 0.25) is 5.91 Å². The van der Waals surface area contributed by atoms with Gasteiger partial charge in [0.1, 0.15) is 5.75 Å². The Morgan fingerprint density at radius 3 is 2.17 bits per heavy atom. The van der Waals surface area contributed by atoms with Crippen LogP contribution >= 0.6 is 11.6 Å². The molecule has 0 fully saturated rings. The van der Waals surface area contributed by atoms with Crippen LogP contribution < -0.4 is 10.1 Å². The van der Waals surface area contributed by atoms with Crippen LogP contribution in [0.5, 0.6) is 5.75 Å². The Bertz CT molecular complexity index is 1210. The normalized spacial score (nSPS) is 12.5. The number of amides is 1. The third kappa shape index (κ3) is 3.51. The molecule has 4 rings (SSSR count). The highest BCUT2D eigenvalue weighted by atomic mass is 35.5. The molecule has 0 saturated heterocycles. The molecule has 3 aromatic rings. The highest BCUT2D eigenvalue weighted by Crippen LogP contribution is 2.36. The SMILES string of the molecule is COc1ccc(/C=C/C(=O)Nc2ccc(Cl)c3c2C(=O)c2ccccc2C3=O)cc1. The van der Waals surface area contributed by atoms with Crippen molar-refractivity contribution < 1.29 is 19.1 Å². The van der Waals surface area contributed by atoms with Crippen LogP contribution in [0.2, 0.25) is 5.02 Å². The minimum atomic E-state index is -0.436. The lowest BCUT2D eigenvalue weighted by atomic mass is 9.83. The number of hydrogen-bond donors (Lipinski definition) is 1. The van der Waals surface area contributed by atoms with Crippen LogP contribution in [0.3, 0.4) is 0 Å². The van der Waals surface area contributed by atoms with Gasteiger partial charge in [0.05, 0.1) is 28.9 Å². The summed E-state index contributed by atoms with van der Waals surface area (Å²) in [5.41, 5.74) is 1.87. The summed E-state index contributed by atoms with van der Waals surface area (Å²) < 4.78 is 5.11. The zero-order valence-electron chi connectivity index (χ0n) is 15.9. The Hall–Kier alpha value is -3.70. The zero-order valence-corrected chi connectivity index (χ0v) is 16.7. The van der Waals surface area contributed by atoms with E-state index in [4.69, 9.17) is 16.3 Å². The van der Waals surface area contributed by atoms with E-state index >= 15 is 0 Å². The van der Waals surface area contributed by atoms with Crippen molar-refractivity contribution in [1.82, 2.24) is 0 Å². The Labute approximate surface area is 177 Å². The van der Waals surface area contributed by atoms with Crippen molar-refractivity contribution in [2.45, 2.75) is 0 Å². The quantitative estimate of drug-likeness (QED) is 0.485. The average Bonchev–Trinajstić information content (AvgIpc) is 2.77. The lowest BCUT2D eigenvalue weighted by Gasteiger charge is -2.21. The molecule has 0 unspecified atom stereocenters. The summed E-state index contributed by atoms with van der Waals surface area (Å²) in [5.74, 6) is -0.408. The van der Waals surface area contributed by atoms with E-state index < -0.39 is 5.91 Å². The summed E-state index contributed by atoms with van der Waals surface area (Å²) in [6, 6.07) is 16.8. The highest BCUT2D eigenvalue weighted by molar-refractivity contribution is 6.40. The van der Waals surface area contributed by atoms with E-state index in [1.165, 1.54) is 18.2 Å². The van der Waals surface area contributed by atoms with Gasteiger partial charge in [0.25, 0.3) is 0 Å². The van der Waals surface area contributed by atoms with Gasteiger partial charge in [-0.2, -0.15) is 0 Å². The number of anilines is 1. The maximum absolute atomic E-state index is 13.1. The number of carbonyl (C=O) groups is 3. The van der Waals surface area contributed by atoms with Crippen molar-refractivity contribution in [2.24, 2.45) is 0 Å². The van der Waals surface area contributed by atoms with E-state index in [1.54, 1.807) is 49.6 Å². The fourth-order valence-corrected chi connectivity index (χ4v) is 3.59. The Morgan fingerprint density at radius 2 is 1.53 bits per heavy atom. The van der Waals surface area contributed by atoms with E-state index in [0.29, 0.717) is 16.9 Å². The molecule has 30 heavy (non-hydrogen) atoms. The molecule has 0 saturated carbocycles. The first kappa shape index (κ1) is 19.6. The van der Waals surface area contributed by atoms with Crippen molar-refractivity contribution in [3.8, 4) is 5.75 Å². The number of halogens is 1. The molecular formula is C24H16ClNO4. The average molecular weight is 418 g/mol. The molecule has 0 radical (unpaired) electrons. The van der Waals surface area contributed by atoms with Gasteiger partial charge < -0.3 is 10.1 Å². The molecular weight excluding hydrogens is 402 g/mol. The van der Waals surface area contributed by atoms with Crippen LogP contribution in [-0.2, 0) is 4.79 Å². The molecule has 1 N–H and O–H groups in total. The van der Waals surface area contributed by atoms with Crippen LogP contribution in [0.25, 0.3) is 6.08 Å². The van der Waals surface area contributed by atoms with Crippen molar-refractivity contribution in [2.75, 3.05) is 12.4 Å². The minimum absolute atomic E-state index is 0.109. The lowest BCUT2D eigenvalue weighted by Crippen LogP contribution is -2.24. The van der Waals surface area contributed by atoms with E-state index in [2.05, 4.69) is 5.32 Å². The molecule has 0 bridgehead atoms. The molecule has 1 amide bonds. The molecule has 0 heterocycles. The molecule has 0 atom stereocenters. The summed E-state index contributed by atoms with van der Waals surface area (Å²) in [4.78, 5) is 38.4. The number of carbonyl (C=O) groups excluding carboxylic acids is 3. The largest absolute Gasteiger partial charge is 0.497 e. The minimum Gasteiger partial charge on any atom is -0.497 e. The highest BCUT2D eigenvalue weighted by Gasteiger charge is 2.33. The first-order chi connectivity index (χ1) is 14.5. The van der Waals surface area contributed by atoms with E-state index in [-0.39, 0.29) is 33.4 Å². The predicted octanol–water partition coefficient (Wildman–Crippen LogP) is 4.78. The molecule has 0 spiro atoms. The molecule has 0 aliphatic heterocycles. The summed E-state index contributed by atoms with van der Waals surface area (Å²) in [5, 5.41) is 2.86. The van der Waals surface area contributed by atoms with Crippen LogP contribution in [0, 0.1) is 0 Å². The maximum atomic E-state index is 13.1. The number of ether oxygens (including phenoxy) is 1. The van der Waals surface area contributed by atoms with Crippen molar-refractivity contribution >= 4 is 40.8 Å². The molecule has 3 aromatic carbocycles. The number of rotatable bonds is 4. The van der Waals surface area contributed by atoms with Gasteiger partial charge in [-0.1, -0.05) is 48.0 Å². The van der Waals surface area contributed by atoms with Crippen molar-refractivity contribution in [3.63, 3.8) is 0 Å². The first-order valence-corrected chi connectivity index (χ1v) is 9.51. The summed E-state index contributed by atoms with van der Waals surface area (Å²) in [6.45, 7) is 0. The Morgan fingerprint density at radius 1 is 0.900 bits per heavy atom. The monoisotopic (exact) mass is 417 g/mol. The van der Waals surface area contributed by atoms with Crippen LogP contribution in [0.4, 0.5) is 5.69 Å². The number of fused-ring (bicyclic) bond motifs is 2. The Kier molecular flexibility index (Phi) is 5.21. The second-order valence-corrected chi connectivity index (χ2v) is 7.05. The summed E-state index contributed by atoms with van der Waals surface area (Å²) >= 11 is 6.23. The third-order valence-corrected chi connectivity index (χ3v) is 5.14. The molecule has 0 aromatic heterocycles. The van der Waals surface area contributed by atoms with Gasteiger partial charge in [-0.15, -0.1) is 0 Å². The standard InChI is InChI=1S/C24H16ClNO4/c1-30-15-9-6-14(7-10-15)8-13-20(27)26-19-12-11-18(25)21-22(19)24(29)17-5-3-2-4-16(17)23(21)28/h2-13H,1H3,(H,26,27)/b13-8+. The molecule has 1 aliphatic carbocycles. The van der Waals surface area contributed by atoms with Crippen molar-refractivity contribution in [3.05, 3.63) is 99.6 Å². The second-order valence-electron chi connectivity index (χ2n) is 6.64. The van der Waals surface area contributed by atoms with Gasteiger partial charge >= 0.3 is 0 Å². The summed E-state index contributed by atoms with van der Waals surface area (Å²) in [6.07, 6.45) is 2.99. The molecule has 148 valence electrons. The van der Waals surface area contributed by atoms with Gasteiger partial charge in [0.15, 0.2) is 11.6 Å². The Balaban J connectivity index is 1.64. The molecule has 5 nitrogen and oxygen atoms in total. The third-order valence-electron chi connectivity index (χ3n) is 4.83. The van der Waals surface area contributed by atoms with Gasteiger partial charge in [-0.25, -0.2) is 0 Å². The lowest BCUT2D eigenvalue weighted by molar-refractivity contribution is -0.111. The van der Waals surface area contributed by atoms with Crippen molar-refractivity contribution in [1.29, 1.82) is 0 Å². The van der Waals surface area contributed by atoms with Crippen LogP contribution in [0.1, 0.15) is 37.4 Å². The first-order valence-electron chi connectivity index (χ1n) is 9.13. The number of methoxy groups -OCH3 is 1. The van der Waals surface area contributed by atoms with Gasteiger partial charge in [-0.05, 0) is 35.9 Å². The van der Waals surface area contributed by atoms with E-state index in [9.17, 15) is 14.4 Å². The van der Waals surface area contributed by atoms with E-state index in [1.807, 2.05) is 12.1 Å². The van der Waals surface area contributed by atoms with Gasteiger partial charge in [0, 0.05) is 17.2 Å². The molecule has 1 aliphatic rings. The maximum Gasteiger partial charge on any atom is 0.248 e. The number of nitrogens with one attached hydrogen (secondary N) is 1. The fourth-order valence-electron chi connectivity index (χ4n) is 3.35. The van der Waals surface area contributed by atoms with Gasteiger partial charge in [-0.3, -0.25) is 14.4 Å². The zero-order chi connectivity index (χ0) is 21.3. The number of hydrogen-bond acceptors (Lipinski definition) is 4. The fraction of sp³-hybridized carbons (Fsp3) is 0.0417. The number of ketones is 2. The summed E-state index contributed by atoms with van der Waals surface area (Å²) in [7, 11) is 1.58. The smallest absolute Gasteiger partial charge is 0.248 e. The predicted molar refractivity (Wildman–Crippen MR) is 115 cm³/mol. The molecule has 6 heteroatoms. The second kappa shape index (κ2) is 7.97. The van der Waals surface area contributed by atoms with E-state index in [0.717, 1.165) is 5.56 Å². The topological polar surface area (TPSA) is 72.5 Å². The van der Waals surface area contributed by atoms with Crippen LogP contribution in [0.15, 0.2) is 66.7 Å².